The van der Waals surface area contributed by atoms with Crippen LogP contribution in [0.3, 0.4) is 0 Å². The van der Waals surface area contributed by atoms with Crippen LogP contribution in [0.2, 0.25) is 0 Å². The van der Waals surface area contributed by atoms with Crippen LogP contribution in [0.1, 0.15) is 22.9 Å². The molecule has 1 aromatic heterocycles. The second-order valence-corrected chi connectivity index (χ2v) is 2.87. The minimum Gasteiger partial charge on any atom is -0.365 e. The van der Waals surface area contributed by atoms with Gasteiger partial charge in [-0.15, -0.1) is 0 Å². The van der Waals surface area contributed by atoms with E-state index in [0.717, 1.165) is 11.3 Å². The molecule has 1 atom stereocenters. The minimum absolute atomic E-state index is 0.532. The highest BCUT2D eigenvalue weighted by atomic mass is 19.3. The second-order valence-electron chi connectivity index (χ2n) is 2.87. The van der Waals surface area contributed by atoms with Gasteiger partial charge in [-0.1, -0.05) is 0 Å². The molecular formula is C8H12F2N2. The molecule has 1 unspecified atom stereocenters. The summed E-state index contributed by atoms with van der Waals surface area (Å²) in [5.74, 6) is 0. The predicted octanol–water partition coefficient (Wildman–Crippen LogP) is 1.90. The summed E-state index contributed by atoms with van der Waals surface area (Å²) in [6.45, 7) is 3.51. The molecule has 0 saturated heterocycles. The average Bonchev–Trinajstić information content (AvgIpc) is 2.30. The number of aryl methyl sites for hydroxylation is 2. The summed E-state index contributed by atoms with van der Waals surface area (Å²) in [7, 11) is 0. The minimum atomic E-state index is -2.50. The molecule has 0 aliphatic rings. The third-order valence-corrected chi connectivity index (χ3v) is 1.94. The number of hydrogen-bond acceptors (Lipinski definition) is 1. The van der Waals surface area contributed by atoms with E-state index in [1.807, 2.05) is 0 Å². The van der Waals surface area contributed by atoms with Gasteiger partial charge in [0.15, 0.2) is 0 Å². The molecule has 4 heteroatoms. The second kappa shape index (κ2) is 3.23. The lowest BCUT2D eigenvalue weighted by Crippen LogP contribution is -2.20. The highest BCUT2D eigenvalue weighted by molar-refractivity contribution is 5.32. The summed E-state index contributed by atoms with van der Waals surface area (Å²) in [5, 5.41) is 0. The number of rotatable bonds is 2. The Balaban J connectivity index is 3.00. The number of nitrogens with two attached hydrogens (primary N) is 1. The van der Waals surface area contributed by atoms with E-state index in [-0.39, 0.29) is 0 Å². The maximum Gasteiger partial charge on any atom is 0.257 e. The van der Waals surface area contributed by atoms with Crippen LogP contribution in [0.25, 0.3) is 0 Å². The van der Waals surface area contributed by atoms with Gasteiger partial charge >= 0.3 is 0 Å². The van der Waals surface area contributed by atoms with E-state index in [2.05, 4.69) is 4.98 Å². The number of aromatic amines is 1. The van der Waals surface area contributed by atoms with Crippen LogP contribution in [-0.4, -0.2) is 11.4 Å². The highest BCUT2D eigenvalue weighted by Gasteiger charge is 2.21. The van der Waals surface area contributed by atoms with Crippen molar-refractivity contribution in [1.82, 2.24) is 4.98 Å². The standard InChI is InChI=1S/C8H12F2N2/c1-4-3-12-5(2)6(4)7(11)8(9)10/h3,7-8,12H,11H2,1-2H3. The van der Waals surface area contributed by atoms with Crippen LogP contribution in [0, 0.1) is 13.8 Å². The molecule has 0 aliphatic heterocycles. The van der Waals surface area contributed by atoms with E-state index < -0.39 is 12.5 Å². The van der Waals surface area contributed by atoms with Gasteiger partial charge in [-0.2, -0.15) is 0 Å². The number of alkyl halides is 2. The first kappa shape index (κ1) is 9.19. The van der Waals surface area contributed by atoms with Crippen molar-refractivity contribution < 1.29 is 8.78 Å². The van der Waals surface area contributed by atoms with Gasteiger partial charge in [-0.3, -0.25) is 0 Å². The van der Waals surface area contributed by atoms with Crippen LogP contribution in [0.5, 0.6) is 0 Å². The Morgan fingerprint density at radius 3 is 2.33 bits per heavy atom. The molecule has 2 nitrogen and oxygen atoms in total. The Bertz CT molecular complexity index is 249. The maximum absolute atomic E-state index is 12.2. The first-order valence-corrected chi connectivity index (χ1v) is 3.72. The lowest BCUT2D eigenvalue weighted by Gasteiger charge is -2.11. The molecular weight excluding hydrogens is 162 g/mol. The van der Waals surface area contributed by atoms with Gasteiger partial charge < -0.3 is 10.7 Å². The van der Waals surface area contributed by atoms with Gasteiger partial charge in [0.25, 0.3) is 6.43 Å². The van der Waals surface area contributed by atoms with Crippen molar-refractivity contribution >= 4 is 0 Å². The molecule has 1 aromatic rings. The zero-order chi connectivity index (χ0) is 9.30. The maximum atomic E-state index is 12.2. The Hall–Kier alpha value is -0.900. The molecule has 0 fully saturated rings. The van der Waals surface area contributed by atoms with Crippen molar-refractivity contribution in [3.8, 4) is 0 Å². The SMILES string of the molecule is Cc1c[nH]c(C)c1C(N)C(F)F. The van der Waals surface area contributed by atoms with Crippen molar-refractivity contribution in [2.75, 3.05) is 0 Å². The summed E-state index contributed by atoms with van der Waals surface area (Å²) in [6.07, 6.45) is -0.814. The molecule has 1 rings (SSSR count). The van der Waals surface area contributed by atoms with E-state index in [1.54, 1.807) is 20.0 Å². The fourth-order valence-electron chi connectivity index (χ4n) is 1.31. The molecule has 0 aliphatic carbocycles. The fourth-order valence-corrected chi connectivity index (χ4v) is 1.31. The number of aromatic nitrogens is 1. The molecule has 68 valence electrons. The molecule has 0 spiro atoms. The summed E-state index contributed by atoms with van der Waals surface area (Å²) in [4.78, 5) is 2.86. The first-order valence-electron chi connectivity index (χ1n) is 3.72. The normalized spacial score (nSPS) is 13.8. The molecule has 0 radical (unpaired) electrons. The Morgan fingerprint density at radius 1 is 1.42 bits per heavy atom. The van der Waals surface area contributed by atoms with E-state index in [1.165, 1.54) is 0 Å². The number of hydrogen-bond donors (Lipinski definition) is 2. The summed E-state index contributed by atoms with van der Waals surface area (Å²) in [6, 6.07) is -1.17. The predicted molar refractivity (Wildman–Crippen MR) is 43.2 cm³/mol. The van der Waals surface area contributed by atoms with Crippen molar-refractivity contribution in [2.24, 2.45) is 5.73 Å². The van der Waals surface area contributed by atoms with Gasteiger partial charge in [0.2, 0.25) is 0 Å². The van der Waals surface area contributed by atoms with Crippen LogP contribution >= 0.6 is 0 Å². The monoisotopic (exact) mass is 174 g/mol. The molecule has 0 saturated carbocycles. The van der Waals surface area contributed by atoms with E-state index >= 15 is 0 Å². The summed E-state index contributed by atoms with van der Waals surface area (Å²) < 4.78 is 24.4. The van der Waals surface area contributed by atoms with Crippen LogP contribution in [0.15, 0.2) is 6.20 Å². The average molecular weight is 174 g/mol. The van der Waals surface area contributed by atoms with Gasteiger partial charge in [0.05, 0.1) is 6.04 Å². The van der Waals surface area contributed by atoms with Crippen molar-refractivity contribution in [2.45, 2.75) is 26.3 Å². The molecule has 0 amide bonds. The van der Waals surface area contributed by atoms with Gasteiger partial charge in [0.1, 0.15) is 0 Å². The zero-order valence-corrected chi connectivity index (χ0v) is 7.07. The molecule has 0 bridgehead atoms. The Labute approximate surface area is 69.8 Å². The Kier molecular flexibility index (Phi) is 2.47. The lowest BCUT2D eigenvalue weighted by molar-refractivity contribution is 0.116. The van der Waals surface area contributed by atoms with Crippen LogP contribution in [-0.2, 0) is 0 Å². The van der Waals surface area contributed by atoms with Crippen molar-refractivity contribution in [3.63, 3.8) is 0 Å². The fraction of sp³-hybridized carbons (Fsp3) is 0.500. The number of halogens is 2. The third-order valence-electron chi connectivity index (χ3n) is 1.94. The number of nitrogens with one attached hydrogen (secondary N) is 1. The van der Waals surface area contributed by atoms with Crippen LogP contribution in [0.4, 0.5) is 8.78 Å². The van der Waals surface area contributed by atoms with E-state index in [0.29, 0.717) is 5.56 Å². The molecule has 1 heterocycles. The zero-order valence-electron chi connectivity index (χ0n) is 7.07. The topological polar surface area (TPSA) is 41.8 Å². The van der Waals surface area contributed by atoms with Gasteiger partial charge in [-0.05, 0) is 25.0 Å². The molecule has 0 aromatic carbocycles. The smallest absolute Gasteiger partial charge is 0.257 e. The van der Waals surface area contributed by atoms with Crippen LogP contribution < -0.4 is 5.73 Å². The quantitative estimate of drug-likeness (QED) is 0.706. The van der Waals surface area contributed by atoms with E-state index in [4.69, 9.17) is 5.73 Å². The van der Waals surface area contributed by atoms with Gasteiger partial charge in [0, 0.05) is 11.9 Å². The first-order chi connectivity index (χ1) is 5.54. The highest BCUT2D eigenvalue weighted by Crippen LogP contribution is 2.23. The Morgan fingerprint density at radius 2 is 2.00 bits per heavy atom. The summed E-state index contributed by atoms with van der Waals surface area (Å²) >= 11 is 0. The van der Waals surface area contributed by atoms with Crippen molar-refractivity contribution in [3.05, 3.63) is 23.0 Å². The molecule has 3 N–H and O–H groups in total. The largest absolute Gasteiger partial charge is 0.365 e. The lowest BCUT2D eigenvalue weighted by atomic mass is 10.1. The third kappa shape index (κ3) is 1.48. The number of H-pyrrole nitrogens is 1. The summed E-state index contributed by atoms with van der Waals surface area (Å²) in [5.41, 5.74) is 7.36. The van der Waals surface area contributed by atoms with Crippen molar-refractivity contribution in [1.29, 1.82) is 0 Å². The van der Waals surface area contributed by atoms with Gasteiger partial charge in [-0.25, -0.2) is 8.78 Å². The molecule has 12 heavy (non-hydrogen) atoms. The van der Waals surface area contributed by atoms with E-state index in [9.17, 15) is 8.78 Å².